The molecule has 23 heavy (non-hydrogen) atoms. The summed E-state index contributed by atoms with van der Waals surface area (Å²) in [6.45, 7) is 4.20. The van der Waals surface area contributed by atoms with Gasteiger partial charge in [0.2, 0.25) is 11.9 Å². The third kappa shape index (κ3) is 3.71. The van der Waals surface area contributed by atoms with E-state index in [0.717, 1.165) is 5.69 Å². The van der Waals surface area contributed by atoms with Gasteiger partial charge in [0.15, 0.2) is 5.82 Å². The number of amides is 1. The fourth-order valence-electron chi connectivity index (χ4n) is 2.39. The molecule has 8 heteroatoms. The SMILES string of the molecule is CC(=O)N1CCN(c2nncc(Nc3ccc(F)cc3)n2)CC1. The zero-order valence-corrected chi connectivity index (χ0v) is 12.7. The molecule has 0 saturated carbocycles. The van der Waals surface area contributed by atoms with Gasteiger partial charge in [-0.25, -0.2) is 4.39 Å². The summed E-state index contributed by atoms with van der Waals surface area (Å²) in [6.07, 6.45) is 1.51. The van der Waals surface area contributed by atoms with E-state index in [1.807, 2.05) is 4.90 Å². The molecule has 0 bridgehead atoms. The van der Waals surface area contributed by atoms with Crippen LogP contribution in [0.4, 0.5) is 21.8 Å². The van der Waals surface area contributed by atoms with E-state index in [1.165, 1.54) is 18.3 Å². The Morgan fingerprint density at radius 1 is 1.17 bits per heavy atom. The molecule has 1 aromatic carbocycles. The van der Waals surface area contributed by atoms with E-state index in [1.54, 1.807) is 24.0 Å². The average Bonchev–Trinajstić information content (AvgIpc) is 2.57. The van der Waals surface area contributed by atoms with Crippen molar-refractivity contribution in [2.24, 2.45) is 0 Å². The Morgan fingerprint density at radius 3 is 2.52 bits per heavy atom. The van der Waals surface area contributed by atoms with Crippen molar-refractivity contribution < 1.29 is 9.18 Å². The van der Waals surface area contributed by atoms with Crippen molar-refractivity contribution in [1.29, 1.82) is 0 Å². The second-order valence-electron chi connectivity index (χ2n) is 5.27. The van der Waals surface area contributed by atoms with Crippen LogP contribution in [-0.4, -0.2) is 52.2 Å². The van der Waals surface area contributed by atoms with E-state index in [0.29, 0.717) is 37.9 Å². The first-order valence-electron chi connectivity index (χ1n) is 7.34. The van der Waals surface area contributed by atoms with E-state index in [9.17, 15) is 9.18 Å². The third-order valence-electron chi connectivity index (χ3n) is 3.67. The maximum Gasteiger partial charge on any atom is 0.247 e. The van der Waals surface area contributed by atoms with E-state index in [-0.39, 0.29) is 11.7 Å². The van der Waals surface area contributed by atoms with Gasteiger partial charge in [-0.15, -0.1) is 5.10 Å². The van der Waals surface area contributed by atoms with Crippen LogP contribution in [0.3, 0.4) is 0 Å². The molecule has 1 aliphatic rings. The molecule has 7 nitrogen and oxygen atoms in total. The lowest BCUT2D eigenvalue weighted by Gasteiger charge is -2.33. The summed E-state index contributed by atoms with van der Waals surface area (Å²) in [5.41, 5.74) is 0.722. The Balaban J connectivity index is 1.68. The monoisotopic (exact) mass is 316 g/mol. The van der Waals surface area contributed by atoms with Crippen molar-refractivity contribution in [2.45, 2.75) is 6.92 Å². The average molecular weight is 316 g/mol. The molecule has 3 rings (SSSR count). The molecule has 1 aromatic heterocycles. The number of nitrogens with zero attached hydrogens (tertiary/aromatic N) is 5. The number of piperazine rings is 1. The number of halogens is 1. The van der Waals surface area contributed by atoms with Gasteiger partial charge < -0.3 is 15.1 Å². The van der Waals surface area contributed by atoms with Crippen molar-refractivity contribution in [1.82, 2.24) is 20.1 Å². The van der Waals surface area contributed by atoms with Crippen LogP contribution in [-0.2, 0) is 4.79 Å². The number of hydrogen-bond acceptors (Lipinski definition) is 6. The van der Waals surface area contributed by atoms with Crippen molar-refractivity contribution in [3.8, 4) is 0 Å². The van der Waals surface area contributed by atoms with Gasteiger partial charge >= 0.3 is 0 Å². The Morgan fingerprint density at radius 2 is 1.87 bits per heavy atom. The summed E-state index contributed by atoms with van der Waals surface area (Å²) in [7, 11) is 0. The fraction of sp³-hybridized carbons (Fsp3) is 0.333. The summed E-state index contributed by atoms with van der Waals surface area (Å²) in [4.78, 5) is 19.6. The summed E-state index contributed by atoms with van der Waals surface area (Å²) < 4.78 is 12.9. The van der Waals surface area contributed by atoms with Crippen LogP contribution in [0.2, 0.25) is 0 Å². The van der Waals surface area contributed by atoms with Crippen LogP contribution in [0, 0.1) is 5.82 Å². The summed E-state index contributed by atoms with van der Waals surface area (Å²) in [5.74, 6) is 0.840. The van der Waals surface area contributed by atoms with Gasteiger partial charge in [-0.1, -0.05) is 0 Å². The lowest BCUT2D eigenvalue weighted by Crippen LogP contribution is -2.48. The predicted octanol–water partition coefficient (Wildman–Crippen LogP) is 1.42. The molecule has 1 N–H and O–H groups in total. The Hall–Kier alpha value is -2.77. The highest BCUT2D eigenvalue weighted by molar-refractivity contribution is 5.73. The highest BCUT2D eigenvalue weighted by Crippen LogP contribution is 2.17. The molecule has 0 spiro atoms. The molecule has 1 amide bonds. The number of carbonyl (C=O) groups is 1. The summed E-state index contributed by atoms with van der Waals surface area (Å²) in [6, 6.07) is 6.00. The van der Waals surface area contributed by atoms with Crippen LogP contribution < -0.4 is 10.2 Å². The lowest BCUT2D eigenvalue weighted by molar-refractivity contribution is -0.129. The van der Waals surface area contributed by atoms with Gasteiger partial charge in [0.05, 0.1) is 6.20 Å². The molecule has 1 aliphatic heterocycles. The van der Waals surface area contributed by atoms with Gasteiger partial charge in [-0.05, 0) is 24.3 Å². The van der Waals surface area contributed by atoms with E-state index in [4.69, 9.17) is 0 Å². The molecule has 2 aromatic rings. The zero-order valence-electron chi connectivity index (χ0n) is 12.7. The molecule has 2 heterocycles. The first-order valence-corrected chi connectivity index (χ1v) is 7.34. The summed E-state index contributed by atoms with van der Waals surface area (Å²) in [5, 5.41) is 11.1. The number of aromatic nitrogens is 3. The first-order chi connectivity index (χ1) is 11.1. The molecule has 1 saturated heterocycles. The van der Waals surface area contributed by atoms with Crippen molar-refractivity contribution in [2.75, 3.05) is 36.4 Å². The Labute approximate surface area is 133 Å². The van der Waals surface area contributed by atoms with E-state index < -0.39 is 0 Å². The second kappa shape index (κ2) is 6.55. The van der Waals surface area contributed by atoms with E-state index in [2.05, 4.69) is 20.5 Å². The highest BCUT2D eigenvalue weighted by atomic mass is 19.1. The molecule has 1 fully saturated rings. The van der Waals surface area contributed by atoms with Crippen LogP contribution in [0.15, 0.2) is 30.5 Å². The zero-order chi connectivity index (χ0) is 16.2. The van der Waals surface area contributed by atoms with Gasteiger partial charge in [0.25, 0.3) is 0 Å². The van der Waals surface area contributed by atoms with Crippen molar-refractivity contribution in [3.63, 3.8) is 0 Å². The minimum absolute atomic E-state index is 0.0791. The number of rotatable bonds is 3. The Kier molecular flexibility index (Phi) is 4.31. The first kappa shape index (κ1) is 15.1. The fourth-order valence-corrected chi connectivity index (χ4v) is 2.39. The van der Waals surface area contributed by atoms with Gasteiger partial charge in [-0.2, -0.15) is 10.1 Å². The maximum atomic E-state index is 12.9. The molecule has 0 atom stereocenters. The van der Waals surface area contributed by atoms with Crippen LogP contribution >= 0.6 is 0 Å². The lowest BCUT2D eigenvalue weighted by atomic mass is 10.3. The highest BCUT2D eigenvalue weighted by Gasteiger charge is 2.20. The molecule has 120 valence electrons. The predicted molar refractivity (Wildman–Crippen MR) is 84.0 cm³/mol. The number of anilines is 3. The molecule has 0 aliphatic carbocycles. The third-order valence-corrected chi connectivity index (χ3v) is 3.67. The van der Waals surface area contributed by atoms with Crippen LogP contribution in [0.25, 0.3) is 0 Å². The number of nitrogens with one attached hydrogen (secondary N) is 1. The molecule has 0 unspecified atom stereocenters. The summed E-state index contributed by atoms with van der Waals surface area (Å²) >= 11 is 0. The number of hydrogen-bond donors (Lipinski definition) is 1. The minimum Gasteiger partial charge on any atom is -0.339 e. The van der Waals surface area contributed by atoms with Gasteiger partial charge in [-0.3, -0.25) is 4.79 Å². The smallest absolute Gasteiger partial charge is 0.247 e. The Bertz CT molecular complexity index is 685. The molecule has 0 radical (unpaired) electrons. The maximum absolute atomic E-state index is 12.9. The normalized spacial score (nSPS) is 14.7. The minimum atomic E-state index is -0.291. The molecular weight excluding hydrogens is 299 g/mol. The second-order valence-corrected chi connectivity index (χ2v) is 5.27. The van der Waals surface area contributed by atoms with E-state index >= 15 is 0 Å². The quantitative estimate of drug-likeness (QED) is 0.923. The number of benzene rings is 1. The topological polar surface area (TPSA) is 74.2 Å². The van der Waals surface area contributed by atoms with Crippen molar-refractivity contribution >= 4 is 23.4 Å². The van der Waals surface area contributed by atoms with Crippen LogP contribution in [0.5, 0.6) is 0 Å². The molecular formula is C15H17FN6O. The van der Waals surface area contributed by atoms with Crippen LogP contribution in [0.1, 0.15) is 6.92 Å². The largest absolute Gasteiger partial charge is 0.339 e. The van der Waals surface area contributed by atoms with Gasteiger partial charge in [0, 0.05) is 38.8 Å². The van der Waals surface area contributed by atoms with Crippen molar-refractivity contribution in [3.05, 3.63) is 36.3 Å². The van der Waals surface area contributed by atoms with Gasteiger partial charge in [0.1, 0.15) is 5.82 Å². The standard InChI is InChI=1S/C15H17FN6O/c1-11(23)21-6-8-22(9-7-21)15-19-14(10-17-20-15)18-13-4-2-12(16)3-5-13/h2-5,10H,6-9H2,1H3,(H,18,19,20). The number of carbonyl (C=O) groups excluding carboxylic acids is 1.